The molecule has 0 saturated heterocycles. The van der Waals surface area contributed by atoms with Crippen LogP contribution in [0.1, 0.15) is 11.0 Å². The van der Waals surface area contributed by atoms with Gasteiger partial charge in [0, 0.05) is 21.9 Å². The van der Waals surface area contributed by atoms with Crippen molar-refractivity contribution >= 4 is 54.3 Å². The van der Waals surface area contributed by atoms with Crippen molar-refractivity contribution in [2.24, 2.45) is 0 Å². The highest BCUT2D eigenvalue weighted by Crippen LogP contribution is 2.50. The van der Waals surface area contributed by atoms with Crippen molar-refractivity contribution < 1.29 is 19.8 Å². The molecule has 0 atom stereocenters. The van der Waals surface area contributed by atoms with E-state index in [2.05, 4.69) is 24.3 Å². The Kier molecular flexibility index (Phi) is 3.54. The van der Waals surface area contributed by atoms with Crippen molar-refractivity contribution in [1.82, 2.24) is 0 Å². The third-order valence-corrected chi connectivity index (χ3v) is 7.97. The predicted octanol–water partition coefficient (Wildman–Crippen LogP) is 11.6. The van der Waals surface area contributed by atoms with E-state index in [-0.39, 0.29) is 57.6 Å². The van der Waals surface area contributed by atoms with Crippen molar-refractivity contribution in [3.05, 3.63) is 145 Å². The summed E-state index contributed by atoms with van der Waals surface area (Å²) in [4.78, 5) is 0. The van der Waals surface area contributed by atoms with Gasteiger partial charge >= 0.3 is 0 Å². The second kappa shape index (κ2) is 8.95. The molecular formula is C40H24O2. The number of hydrogen-bond donors (Lipinski definition) is 0. The standard InChI is InChI=1S/C40H24O2/c1-3-15-27-25(12-1)14-11-21-28(27)37-29-16-4-6-18-31(29)38(32-19-7-5-17-30(32)37)39-33-20-8-10-23-35(33)42-40(39)36-24-26-13-2-9-22-34(26)41-36/h1-24H/i2D,8D,9D,10D,13D,20D,22D,23D. The molecule has 0 unspecified atom stereocenters. The Morgan fingerprint density at radius 1 is 0.429 bits per heavy atom. The van der Waals surface area contributed by atoms with Crippen LogP contribution in [0.15, 0.2) is 154 Å². The van der Waals surface area contributed by atoms with Crippen molar-refractivity contribution in [3.63, 3.8) is 0 Å². The molecule has 0 N–H and O–H groups in total. The van der Waals surface area contributed by atoms with E-state index in [0.29, 0.717) is 11.1 Å². The third-order valence-electron chi connectivity index (χ3n) is 7.97. The van der Waals surface area contributed by atoms with Crippen LogP contribution in [0.3, 0.4) is 0 Å². The largest absolute Gasteiger partial charge is 0.453 e. The normalized spacial score (nSPS) is 14.5. The molecule has 2 aromatic heterocycles. The molecule has 42 heavy (non-hydrogen) atoms. The summed E-state index contributed by atoms with van der Waals surface area (Å²) in [6.07, 6.45) is 0. The van der Waals surface area contributed by atoms with Crippen molar-refractivity contribution in [3.8, 4) is 33.8 Å². The molecule has 0 bridgehead atoms. The second-order valence-electron chi connectivity index (χ2n) is 10.2. The van der Waals surface area contributed by atoms with Crippen molar-refractivity contribution in [2.75, 3.05) is 0 Å². The Balaban J connectivity index is 1.49. The zero-order chi connectivity index (χ0) is 34.6. The molecule has 2 heteroatoms. The molecule has 2 heterocycles. The van der Waals surface area contributed by atoms with E-state index in [1.807, 2.05) is 66.7 Å². The van der Waals surface area contributed by atoms with E-state index in [1.165, 1.54) is 6.07 Å². The van der Waals surface area contributed by atoms with Gasteiger partial charge in [-0.1, -0.05) is 127 Å². The lowest BCUT2D eigenvalue weighted by atomic mass is 9.84. The summed E-state index contributed by atoms with van der Waals surface area (Å²) in [6.45, 7) is 0. The number of fused-ring (bicyclic) bond motifs is 5. The van der Waals surface area contributed by atoms with Crippen molar-refractivity contribution in [1.29, 1.82) is 0 Å². The average molecular weight is 545 g/mol. The van der Waals surface area contributed by atoms with Crippen LogP contribution in [-0.2, 0) is 0 Å². The molecule has 7 aromatic carbocycles. The minimum Gasteiger partial charge on any atom is -0.453 e. The van der Waals surface area contributed by atoms with E-state index in [1.54, 1.807) is 0 Å². The highest BCUT2D eigenvalue weighted by Gasteiger charge is 2.25. The zero-order valence-electron chi connectivity index (χ0n) is 30.1. The van der Waals surface area contributed by atoms with E-state index in [0.717, 1.165) is 43.4 Å². The molecule has 0 radical (unpaired) electrons. The van der Waals surface area contributed by atoms with Crippen LogP contribution in [-0.4, -0.2) is 0 Å². The number of hydrogen-bond acceptors (Lipinski definition) is 2. The van der Waals surface area contributed by atoms with Gasteiger partial charge in [-0.15, -0.1) is 0 Å². The van der Waals surface area contributed by atoms with Gasteiger partial charge in [0.25, 0.3) is 0 Å². The van der Waals surface area contributed by atoms with Crippen LogP contribution in [0.5, 0.6) is 0 Å². The summed E-state index contributed by atoms with van der Waals surface area (Å²) in [5, 5.41) is 5.96. The van der Waals surface area contributed by atoms with Crippen LogP contribution in [0.2, 0.25) is 0 Å². The van der Waals surface area contributed by atoms with Gasteiger partial charge in [0.2, 0.25) is 0 Å². The molecule has 2 nitrogen and oxygen atoms in total. The first kappa shape index (κ1) is 16.6. The van der Waals surface area contributed by atoms with Crippen molar-refractivity contribution in [2.45, 2.75) is 0 Å². The molecule has 0 amide bonds. The number of benzene rings is 7. The molecular weight excluding hydrogens is 512 g/mol. The number of para-hydroxylation sites is 2. The van der Waals surface area contributed by atoms with E-state index >= 15 is 0 Å². The maximum Gasteiger partial charge on any atom is 0.178 e. The highest BCUT2D eigenvalue weighted by molar-refractivity contribution is 6.26. The molecule has 9 aromatic rings. The molecule has 0 aliphatic rings. The SMILES string of the molecule is [2H]c1c([2H])c([2H])c2oc(-c3oc4c([2H])c([2H])c([2H])c([2H])c4c3-c3c4ccccc4c(-c4cccc5ccccc45)c4ccccc34)cc2c1[2H]. The maximum absolute atomic E-state index is 9.12. The molecule has 0 saturated carbocycles. The van der Waals surface area contributed by atoms with Crippen LogP contribution >= 0.6 is 0 Å². The monoisotopic (exact) mass is 544 g/mol. The Morgan fingerprint density at radius 3 is 1.79 bits per heavy atom. The Bertz CT molecular complexity index is 2810. The Morgan fingerprint density at radius 2 is 1.02 bits per heavy atom. The smallest absolute Gasteiger partial charge is 0.178 e. The minimum atomic E-state index is -0.445. The molecule has 9 rings (SSSR count). The second-order valence-corrected chi connectivity index (χ2v) is 10.2. The van der Waals surface area contributed by atoms with E-state index < -0.39 is 24.2 Å². The van der Waals surface area contributed by atoms with Gasteiger partial charge in [0.15, 0.2) is 11.5 Å². The van der Waals surface area contributed by atoms with Gasteiger partial charge in [-0.25, -0.2) is 0 Å². The van der Waals surface area contributed by atoms with Crippen LogP contribution in [0.25, 0.3) is 88.0 Å². The van der Waals surface area contributed by atoms with Gasteiger partial charge < -0.3 is 8.83 Å². The fourth-order valence-electron chi connectivity index (χ4n) is 6.24. The summed E-state index contributed by atoms with van der Waals surface area (Å²) in [5.74, 6) is 0.162. The van der Waals surface area contributed by atoms with Gasteiger partial charge in [0.05, 0.1) is 11.0 Å². The summed E-state index contributed by atoms with van der Waals surface area (Å²) >= 11 is 0. The van der Waals surface area contributed by atoms with Gasteiger partial charge in [-0.3, -0.25) is 0 Å². The molecule has 196 valence electrons. The number of rotatable bonds is 3. The summed E-state index contributed by atoms with van der Waals surface area (Å²) in [5.41, 5.74) is 2.98. The summed E-state index contributed by atoms with van der Waals surface area (Å²) in [7, 11) is 0. The van der Waals surface area contributed by atoms with Crippen LogP contribution in [0.4, 0.5) is 0 Å². The fourth-order valence-corrected chi connectivity index (χ4v) is 6.24. The molecule has 0 aliphatic heterocycles. The Labute approximate surface area is 253 Å². The number of furan rings is 2. The predicted molar refractivity (Wildman–Crippen MR) is 175 cm³/mol. The van der Waals surface area contributed by atoms with Gasteiger partial charge in [-0.05, 0) is 61.6 Å². The first-order chi connectivity index (χ1) is 24.2. The van der Waals surface area contributed by atoms with Crippen LogP contribution in [0, 0.1) is 0 Å². The van der Waals surface area contributed by atoms with Gasteiger partial charge in [-0.2, -0.15) is 0 Å². The molecule has 0 aliphatic carbocycles. The summed E-state index contributed by atoms with van der Waals surface area (Å²) < 4.78 is 81.0. The highest BCUT2D eigenvalue weighted by atomic mass is 16.4. The zero-order valence-corrected chi connectivity index (χ0v) is 22.1. The molecule has 0 fully saturated rings. The Hall–Kier alpha value is -5.60. The lowest BCUT2D eigenvalue weighted by molar-refractivity contribution is 0.570. The summed E-state index contributed by atoms with van der Waals surface area (Å²) in [6, 6.07) is 28.9. The third kappa shape index (κ3) is 3.33. The average Bonchev–Trinajstić information content (AvgIpc) is 3.77. The quantitative estimate of drug-likeness (QED) is 0.207. The lowest BCUT2D eigenvalue weighted by Crippen LogP contribution is -1.92. The first-order valence-corrected chi connectivity index (χ1v) is 13.6. The lowest BCUT2D eigenvalue weighted by Gasteiger charge is -2.18. The molecule has 0 spiro atoms. The van der Waals surface area contributed by atoms with Gasteiger partial charge in [0.1, 0.15) is 11.2 Å². The minimum absolute atomic E-state index is 0.0574. The first-order valence-electron chi connectivity index (χ1n) is 17.6. The van der Waals surface area contributed by atoms with E-state index in [9.17, 15) is 0 Å². The maximum atomic E-state index is 9.12. The van der Waals surface area contributed by atoms with Crippen LogP contribution < -0.4 is 0 Å². The van der Waals surface area contributed by atoms with E-state index in [4.69, 9.17) is 19.8 Å². The topological polar surface area (TPSA) is 26.3 Å². The fraction of sp³-hybridized carbons (Fsp3) is 0.